The summed E-state index contributed by atoms with van der Waals surface area (Å²) < 4.78 is 4.91. The molecule has 1 aliphatic heterocycles. The number of likely N-dealkylation sites (tertiary alicyclic amines) is 1. The summed E-state index contributed by atoms with van der Waals surface area (Å²) >= 11 is 0. The van der Waals surface area contributed by atoms with Crippen LogP contribution in [-0.2, 0) is 11.3 Å². The summed E-state index contributed by atoms with van der Waals surface area (Å²) in [5, 5.41) is 8.33. The molecule has 4 rings (SSSR count). The number of amides is 3. The third kappa shape index (κ3) is 8.88. The highest BCUT2D eigenvalue weighted by molar-refractivity contribution is 6.04. The topological polar surface area (TPSA) is 98.8 Å². The van der Waals surface area contributed by atoms with E-state index in [2.05, 4.69) is 68.8 Å². The average molecular weight is 555 g/mol. The molecule has 9 nitrogen and oxygen atoms in total. The lowest BCUT2D eigenvalue weighted by Gasteiger charge is -2.20. The van der Waals surface area contributed by atoms with E-state index in [1.54, 1.807) is 37.6 Å². The maximum atomic E-state index is 13.0. The maximum absolute atomic E-state index is 13.0. The first-order valence-electron chi connectivity index (χ1n) is 13.7. The highest BCUT2D eigenvalue weighted by Crippen LogP contribution is 2.19. The molecule has 0 bridgehead atoms. The van der Waals surface area contributed by atoms with Crippen LogP contribution >= 0.6 is 0 Å². The molecule has 9 heteroatoms. The lowest BCUT2D eigenvalue weighted by molar-refractivity contribution is 0.102. The number of aromatic nitrogens is 1. The molecule has 3 N–H and O–H groups in total. The monoisotopic (exact) mass is 554 g/mol. The molecule has 1 fully saturated rings. The van der Waals surface area contributed by atoms with Gasteiger partial charge in [0.05, 0.1) is 6.61 Å². The van der Waals surface area contributed by atoms with Gasteiger partial charge in [0.2, 0.25) is 0 Å². The van der Waals surface area contributed by atoms with Crippen molar-refractivity contribution in [1.82, 2.24) is 20.1 Å². The molecule has 2 heterocycles. The molecule has 2 aromatic carbocycles. The van der Waals surface area contributed by atoms with E-state index >= 15 is 0 Å². The zero-order chi connectivity index (χ0) is 29.2. The molecule has 0 radical (unpaired) electrons. The lowest BCUT2D eigenvalue weighted by atomic mass is 10.0. The molecule has 3 amide bonds. The first-order valence-corrected chi connectivity index (χ1v) is 13.7. The van der Waals surface area contributed by atoms with E-state index in [0.717, 1.165) is 36.4 Å². The van der Waals surface area contributed by atoms with Gasteiger partial charge in [-0.2, -0.15) is 0 Å². The fraction of sp³-hybridized carbons (Fsp3) is 0.344. The van der Waals surface area contributed by atoms with E-state index in [1.165, 1.54) is 12.0 Å². The fourth-order valence-corrected chi connectivity index (χ4v) is 4.54. The van der Waals surface area contributed by atoms with Crippen molar-refractivity contribution in [2.24, 2.45) is 0 Å². The standard InChI is InChI=1S/C32H38N6O3/c1-23-5-10-27(19-26(23)11-6-24-9-14-30(34-20-24)36-32(40)33-16-18-41-4)31(39)35-28-12-7-25(8-13-28)21-38-17-15-29(22-38)37(2)3/h5,7-10,12-14,19-20,29H,15-18,21-22H2,1-4H3,(H,35,39)(H2,33,34,36,40). The Hall–Kier alpha value is -4.23. The first-order chi connectivity index (χ1) is 19.8. The van der Waals surface area contributed by atoms with Crippen LogP contribution in [0.15, 0.2) is 60.8 Å². The number of pyridine rings is 1. The number of aryl methyl sites for hydroxylation is 1. The van der Waals surface area contributed by atoms with Gasteiger partial charge in [0, 0.05) is 67.9 Å². The summed E-state index contributed by atoms with van der Waals surface area (Å²) in [6, 6.07) is 17.3. The molecular formula is C32H38N6O3. The van der Waals surface area contributed by atoms with Crippen molar-refractivity contribution >= 4 is 23.4 Å². The Morgan fingerprint density at radius 2 is 1.88 bits per heavy atom. The Bertz CT molecular complexity index is 1390. The predicted octanol–water partition coefficient (Wildman–Crippen LogP) is 3.95. The summed E-state index contributed by atoms with van der Waals surface area (Å²) in [7, 11) is 5.85. The normalized spacial score (nSPS) is 14.8. The van der Waals surface area contributed by atoms with Crippen molar-refractivity contribution in [3.8, 4) is 11.8 Å². The minimum atomic E-state index is -0.351. The average Bonchev–Trinajstić information content (AvgIpc) is 3.43. The Labute approximate surface area is 242 Å². The molecule has 214 valence electrons. The number of ether oxygens (including phenoxy) is 1. The summed E-state index contributed by atoms with van der Waals surface area (Å²) in [4.78, 5) is 33.9. The molecular weight excluding hydrogens is 516 g/mol. The Morgan fingerprint density at radius 1 is 1.07 bits per heavy atom. The van der Waals surface area contributed by atoms with Crippen molar-refractivity contribution in [3.05, 3.63) is 88.6 Å². The van der Waals surface area contributed by atoms with E-state index in [4.69, 9.17) is 4.74 Å². The number of nitrogens with zero attached hydrogens (tertiary/aromatic N) is 3. The third-order valence-electron chi connectivity index (χ3n) is 7.03. The second-order valence-electron chi connectivity index (χ2n) is 10.4. The van der Waals surface area contributed by atoms with Gasteiger partial charge in [-0.05, 0) is 75.0 Å². The number of hydrogen-bond donors (Lipinski definition) is 3. The minimum Gasteiger partial charge on any atom is -0.383 e. The number of nitrogens with one attached hydrogen (secondary N) is 3. The van der Waals surface area contributed by atoms with E-state index in [1.807, 2.05) is 25.1 Å². The van der Waals surface area contributed by atoms with Crippen LogP contribution in [0.5, 0.6) is 0 Å². The van der Waals surface area contributed by atoms with Crippen LogP contribution in [0.25, 0.3) is 0 Å². The number of carbonyl (C=O) groups is 2. The van der Waals surface area contributed by atoms with Gasteiger partial charge >= 0.3 is 6.03 Å². The second-order valence-corrected chi connectivity index (χ2v) is 10.4. The molecule has 41 heavy (non-hydrogen) atoms. The van der Waals surface area contributed by atoms with Gasteiger partial charge in [-0.1, -0.05) is 30.0 Å². The number of carbonyl (C=O) groups excluding carboxylic acids is 2. The van der Waals surface area contributed by atoms with Crippen LogP contribution in [0.3, 0.4) is 0 Å². The van der Waals surface area contributed by atoms with Crippen molar-refractivity contribution < 1.29 is 14.3 Å². The van der Waals surface area contributed by atoms with E-state index in [9.17, 15) is 9.59 Å². The zero-order valence-electron chi connectivity index (χ0n) is 24.2. The number of urea groups is 1. The second kappa shape index (κ2) is 14.4. The van der Waals surface area contributed by atoms with E-state index < -0.39 is 0 Å². The molecule has 1 aliphatic rings. The van der Waals surface area contributed by atoms with Crippen LogP contribution in [0.4, 0.5) is 16.3 Å². The molecule has 1 atom stereocenters. The Kier molecular flexibility index (Phi) is 10.5. The largest absolute Gasteiger partial charge is 0.383 e. The van der Waals surface area contributed by atoms with Crippen LogP contribution in [0, 0.1) is 18.8 Å². The summed E-state index contributed by atoms with van der Waals surface area (Å²) in [5.74, 6) is 6.47. The zero-order valence-corrected chi connectivity index (χ0v) is 24.2. The highest BCUT2D eigenvalue weighted by Gasteiger charge is 2.23. The van der Waals surface area contributed by atoms with E-state index in [0.29, 0.717) is 36.1 Å². The first kappa shape index (κ1) is 29.7. The molecule has 0 spiro atoms. The highest BCUT2D eigenvalue weighted by atomic mass is 16.5. The summed E-state index contributed by atoms with van der Waals surface area (Å²) in [5.41, 5.74) is 4.94. The summed E-state index contributed by atoms with van der Waals surface area (Å²) in [6.45, 7) is 5.90. The molecule has 0 aliphatic carbocycles. The number of hydrogen-bond acceptors (Lipinski definition) is 6. The van der Waals surface area contributed by atoms with Crippen molar-refractivity contribution in [1.29, 1.82) is 0 Å². The lowest BCUT2D eigenvalue weighted by Crippen LogP contribution is -2.31. The van der Waals surface area contributed by atoms with Crippen LogP contribution < -0.4 is 16.0 Å². The minimum absolute atomic E-state index is 0.185. The molecule has 0 saturated carbocycles. The molecule has 1 saturated heterocycles. The quantitative estimate of drug-likeness (QED) is 0.274. The fourth-order valence-electron chi connectivity index (χ4n) is 4.54. The number of likely N-dealkylation sites (N-methyl/N-ethyl adjacent to an activating group) is 1. The van der Waals surface area contributed by atoms with Crippen LogP contribution in [-0.4, -0.2) is 80.2 Å². The number of methoxy groups -OCH3 is 1. The van der Waals surface area contributed by atoms with Gasteiger partial charge < -0.3 is 20.3 Å². The molecule has 1 unspecified atom stereocenters. The molecule has 1 aromatic heterocycles. The van der Waals surface area contributed by atoms with E-state index in [-0.39, 0.29) is 11.9 Å². The number of rotatable bonds is 9. The predicted molar refractivity (Wildman–Crippen MR) is 162 cm³/mol. The summed E-state index contributed by atoms with van der Waals surface area (Å²) in [6.07, 6.45) is 2.79. The van der Waals surface area contributed by atoms with Gasteiger partial charge in [0.15, 0.2) is 0 Å². The third-order valence-corrected chi connectivity index (χ3v) is 7.03. The molecule has 3 aromatic rings. The van der Waals surface area contributed by atoms with Crippen LogP contribution in [0.2, 0.25) is 0 Å². The Morgan fingerprint density at radius 3 is 2.56 bits per heavy atom. The number of anilines is 2. The smallest absolute Gasteiger partial charge is 0.320 e. The van der Waals surface area contributed by atoms with Crippen molar-refractivity contribution in [2.75, 3.05) is 58.1 Å². The van der Waals surface area contributed by atoms with Crippen LogP contribution in [0.1, 0.15) is 39.0 Å². The van der Waals surface area contributed by atoms with Gasteiger partial charge in [-0.3, -0.25) is 15.0 Å². The van der Waals surface area contributed by atoms with Gasteiger partial charge in [0.25, 0.3) is 5.91 Å². The van der Waals surface area contributed by atoms with Crippen molar-refractivity contribution in [3.63, 3.8) is 0 Å². The maximum Gasteiger partial charge on any atom is 0.320 e. The SMILES string of the molecule is COCCNC(=O)Nc1ccc(C#Cc2cc(C(=O)Nc3ccc(CN4CCC(N(C)C)C4)cc3)ccc2C)cn1. The van der Waals surface area contributed by atoms with Gasteiger partial charge in [-0.25, -0.2) is 9.78 Å². The Balaban J connectivity index is 1.33. The van der Waals surface area contributed by atoms with Gasteiger partial charge in [0.1, 0.15) is 5.82 Å². The van der Waals surface area contributed by atoms with Crippen molar-refractivity contribution in [2.45, 2.75) is 25.9 Å². The number of benzene rings is 2. The van der Waals surface area contributed by atoms with Gasteiger partial charge in [-0.15, -0.1) is 0 Å².